The molecule has 2 nitrogen and oxygen atoms in total. The molecule has 4 fully saturated rings. The summed E-state index contributed by atoms with van der Waals surface area (Å²) >= 11 is 0. The molecule has 0 radical (unpaired) electrons. The van der Waals surface area contributed by atoms with Crippen molar-refractivity contribution in [2.75, 3.05) is 0 Å². The molecule has 0 heterocycles. The summed E-state index contributed by atoms with van der Waals surface area (Å²) in [5.74, 6) is 7.37. The van der Waals surface area contributed by atoms with E-state index in [9.17, 15) is 4.79 Å². The van der Waals surface area contributed by atoms with Gasteiger partial charge in [0.1, 0.15) is 6.10 Å². The molecule has 4 rings (SSSR count). The molecule has 0 aromatic heterocycles. The van der Waals surface area contributed by atoms with E-state index in [0.29, 0.717) is 10.8 Å². The molecule has 0 bridgehead atoms. The Morgan fingerprint density at radius 3 is 1.86 bits per heavy atom. The Labute approximate surface area is 307 Å². The molecule has 286 valence electrons. The van der Waals surface area contributed by atoms with Crippen LogP contribution in [-0.2, 0) is 9.53 Å². The van der Waals surface area contributed by atoms with Crippen LogP contribution in [0.15, 0.2) is 0 Å². The minimum atomic E-state index is 0.133. The number of unbranched alkanes of at least 4 members (excludes halogenated alkanes) is 10. The van der Waals surface area contributed by atoms with Crippen LogP contribution in [0.3, 0.4) is 0 Å². The fraction of sp³-hybridized carbons (Fsp3) is 0.979. The minimum absolute atomic E-state index is 0.133. The van der Waals surface area contributed by atoms with Crippen molar-refractivity contribution in [1.82, 2.24) is 0 Å². The summed E-state index contributed by atoms with van der Waals surface area (Å²) in [4.78, 5) is 13.8. The predicted molar refractivity (Wildman–Crippen MR) is 212 cm³/mol. The average Bonchev–Trinajstić information content (AvgIpc) is 3.44. The summed E-state index contributed by atoms with van der Waals surface area (Å²) < 4.78 is 6.52. The van der Waals surface area contributed by atoms with Gasteiger partial charge in [0, 0.05) is 0 Å². The summed E-state index contributed by atoms with van der Waals surface area (Å²) in [6, 6.07) is 0. The number of esters is 1. The van der Waals surface area contributed by atoms with Gasteiger partial charge < -0.3 is 4.74 Å². The largest absolute Gasteiger partial charge is 0.462 e. The highest BCUT2D eigenvalue weighted by Crippen LogP contribution is 2.68. The molecular weight excluding hydrogens is 597 g/mol. The van der Waals surface area contributed by atoms with Gasteiger partial charge in [0.05, 0.1) is 5.92 Å². The molecule has 0 aromatic carbocycles. The number of ether oxygens (including phenoxy) is 1. The Bertz CT molecular complexity index is 924. The SMILES string of the molecule is CCCCCCCCC(CCCCCCCC)C(=O)O[C@H]1CC[C@@]2(C)[C@H](CC[C@@H]3[C@@H]2CC[C@]2(C)[C@@H]([C@H](C)CC[C@@H](CC)C(C)C)CC[C@@H]32)C1. The smallest absolute Gasteiger partial charge is 0.309 e. The first-order chi connectivity index (χ1) is 23.6. The van der Waals surface area contributed by atoms with Gasteiger partial charge in [-0.1, -0.05) is 145 Å². The lowest BCUT2D eigenvalue weighted by molar-refractivity contribution is -0.167. The Morgan fingerprint density at radius 1 is 0.653 bits per heavy atom. The standard InChI is InChI=1S/C47H86O2/c1-9-12-14-16-18-20-22-38(23-21-19-17-15-13-10-2)45(48)49-40-30-32-46(7)39(34-40)26-27-41-43-29-28-42(47(43,8)33-31-44(41)46)36(6)24-25-37(11-3)35(4)5/h35-44H,9-34H2,1-8H3/t36-,37-,39-,40+,41+,42-,43+,44+,46+,47-/m1/s1. The fourth-order valence-electron chi connectivity index (χ4n) is 13.0. The summed E-state index contributed by atoms with van der Waals surface area (Å²) in [7, 11) is 0. The zero-order valence-corrected chi connectivity index (χ0v) is 34.5. The number of carbonyl (C=O) groups is 1. The average molecular weight is 683 g/mol. The molecular formula is C47H86O2. The summed E-state index contributed by atoms with van der Waals surface area (Å²) in [5.41, 5.74) is 1.02. The Morgan fingerprint density at radius 2 is 1.24 bits per heavy atom. The summed E-state index contributed by atoms with van der Waals surface area (Å²) in [5, 5.41) is 0. The normalized spacial score (nSPS) is 34.0. The lowest BCUT2D eigenvalue weighted by Gasteiger charge is -2.61. The van der Waals surface area contributed by atoms with Crippen molar-refractivity contribution in [3.05, 3.63) is 0 Å². The molecule has 4 aliphatic rings. The Hall–Kier alpha value is -0.530. The van der Waals surface area contributed by atoms with Crippen molar-refractivity contribution in [3.63, 3.8) is 0 Å². The molecule has 0 N–H and O–H groups in total. The summed E-state index contributed by atoms with van der Waals surface area (Å²) in [6.07, 6.45) is 34.4. The molecule has 49 heavy (non-hydrogen) atoms. The van der Waals surface area contributed by atoms with E-state index in [0.717, 1.165) is 73.0 Å². The molecule has 0 unspecified atom stereocenters. The maximum atomic E-state index is 13.8. The van der Waals surface area contributed by atoms with Crippen molar-refractivity contribution in [1.29, 1.82) is 0 Å². The van der Waals surface area contributed by atoms with Gasteiger partial charge in [0.15, 0.2) is 0 Å². The Balaban J connectivity index is 1.30. The van der Waals surface area contributed by atoms with Crippen LogP contribution in [0.2, 0.25) is 0 Å². The van der Waals surface area contributed by atoms with Gasteiger partial charge >= 0.3 is 5.97 Å². The van der Waals surface area contributed by atoms with E-state index in [1.807, 2.05) is 0 Å². The van der Waals surface area contributed by atoms with Crippen LogP contribution >= 0.6 is 0 Å². The van der Waals surface area contributed by atoms with E-state index in [4.69, 9.17) is 4.74 Å². The van der Waals surface area contributed by atoms with Crippen molar-refractivity contribution in [3.8, 4) is 0 Å². The molecule has 0 aliphatic heterocycles. The van der Waals surface area contributed by atoms with Crippen molar-refractivity contribution in [2.24, 2.45) is 64.1 Å². The molecule has 2 heteroatoms. The van der Waals surface area contributed by atoms with Crippen molar-refractivity contribution in [2.45, 2.75) is 228 Å². The zero-order valence-electron chi connectivity index (χ0n) is 34.5. The second kappa shape index (κ2) is 20.1. The number of hydrogen-bond donors (Lipinski definition) is 0. The molecule has 0 saturated heterocycles. The molecule has 0 aromatic rings. The van der Waals surface area contributed by atoms with Crippen LogP contribution in [-0.4, -0.2) is 12.1 Å². The van der Waals surface area contributed by atoms with Crippen LogP contribution in [0, 0.1) is 64.1 Å². The van der Waals surface area contributed by atoms with Crippen LogP contribution in [0.1, 0.15) is 222 Å². The topological polar surface area (TPSA) is 26.3 Å². The molecule has 0 amide bonds. The third-order valence-electron chi connectivity index (χ3n) is 16.3. The van der Waals surface area contributed by atoms with E-state index in [1.165, 1.54) is 141 Å². The fourth-order valence-corrected chi connectivity index (χ4v) is 13.0. The second-order valence-corrected chi connectivity index (χ2v) is 19.5. The first-order valence-corrected chi connectivity index (χ1v) is 22.8. The molecule has 4 aliphatic carbocycles. The van der Waals surface area contributed by atoms with Crippen LogP contribution in [0.4, 0.5) is 0 Å². The van der Waals surface area contributed by atoms with E-state index in [2.05, 4.69) is 55.4 Å². The third kappa shape index (κ3) is 10.5. The monoisotopic (exact) mass is 683 g/mol. The van der Waals surface area contributed by atoms with Gasteiger partial charge in [0.2, 0.25) is 0 Å². The molecule has 4 saturated carbocycles. The molecule has 10 atom stereocenters. The third-order valence-corrected chi connectivity index (χ3v) is 16.3. The van der Waals surface area contributed by atoms with Crippen molar-refractivity contribution >= 4 is 5.97 Å². The predicted octanol–water partition coefficient (Wildman–Crippen LogP) is 14.8. The highest BCUT2D eigenvalue weighted by molar-refractivity contribution is 5.72. The lowest BCUT2D eigenvalue weighted by Crippen LogP contribution is -2.54. The Kier molecular flexibility index (Phi) is 16.9. The van der Waals surface area contributed by atoms with E-state index in [-0.39, 0.29) is 18.0 Å². The van der Waals surface area contributed by atoms with E-state index in [1.54, 1.807) is 0 Å². The summed E-state index contributed by atoms with van der Waals surface area (Å²) in [6.45, 7) is 19.9. The zero-order chi connectivity index (χ0) is 35.4. The van der Waals surface area contributed by atoms with E-state index < -0.39 is 0 Å². The van der Waals surface area contributed by atoms with Gasteiger partial charge in [0.25, 0.3) is 0 Å². The van der Waals surface area contributed by atoms with Gasteiger partial charge in [-0.2, -0.15) is 0 Å². The van der Waals surface area contributed by atoms with Gasteiger partial charge in [-0.05, 0) is 135 Å². The highest BCUT2D eigenvalue weighted by Gasteiger charge is 2.60. The van der Waals surface area contributed by atoms with Gasteiger partial charge in [-0.25, -0.2) is 0 Å². The quantitative estimate of drug-likeness (QED) is 0.0839. The maximum Gasteiger partial charge on any atom is 0.309 e. The van der Waals surface area contributed by atoms with Crippen LogP contribution in [0.5, 0.6) is 0 Å². The maximum absolute atomic E-state index is 13.8. The first-order valence-electron chi connectivity index (χ1n) is 22.8. The minimum Gasteiger partial charge on any atom is -0.462 e. The highest BCUT2D eigenvalue weighted by atomic mass is 16.5. The molecule has 0 spiro atoms. The number of hydrogen-bond acceptors (Lipinski definition) is 2. The number of carbonyl (C=O) groups excluding carboxylic acids is 1. The van der Waals surface area contributed by atoms with Crippen LogP contribution in [0.25, 0.3) is 0 Å². The lowest BCUT2D eigenvalue weighted by atomic mass is 9.44. The van der Waals surface area contributed by atoms with E-state index >= 15 is 0 Å². The van der Waals surface area contributed by atoms with Gasteiger partial charge in [-0.15, -0.1) is 0 Å². The first kappa shape index (κ1) is 41.2. The van der Waals surface area contributed by atoms with Gasteiger partial charge in [-0.3, -0.25) is 4.79 Å². The number of rotatable bonds is 22. The van der Waals surface area contributed by atoms with Crippen LogP contribution < -0.4 is 0 Å². The second-order valence-electron chi connectivity index (χ2n) is 19.5. The number of fused-ring (bicyclic) bond motifs is 5. The van der Waals surface area contributed by atoms with Crippen molar-refractivity contribution < 1.29 is 9.53 Å².